The van der Waals surface area contributed by atoms with Crippen LogP contribution in [0.4, 0.5) is 10.1 Å². The molecule has 4 nitrogen and oxygen atoms in total. The molecule has 1 aliphatic heterocycles. The topological polar surface area (TPSA) is 46.6 Å². The Labute approximate surface area is 98.0 Å². The minimum Gasteiger partial charge on any atom is -0.380 e. The SMILES string of the molecule is COC(C)CN1C(=O)C(=O)c2cccc(F)c21. The molecule has 90 valence electrons. The molecule has 0 saturated carbocycles. The smallest absolute Gasteiger partial charge is 0.299 e. The molecule has 0 bridgehead atoms. The predicted octanol–water partition coefficient (Wildman–Crippen LogP) is 1.39. The first-order valence-electron chi connectivity index (χ1n) is 5.23. The second-order valence-electron chi connectivity index (χ2n) is 3.93. The number of anilines is 1. The molecule has 1 atom stereocenters. The Morgan fingerprint density at radius 1 is 1.41 bits per heavy atom. The number of fused-ring (bicyclic) bond motifs is 1. The Morgan fingerprint density at radius 3 is 2.76 bits per heavy atom. The number of carbonyl (C=O) groups excluding carboxylic acids is 2. The van der Waals surface area contributed by atoms with Gasteiger partial charge in [-0.15, -0.1) is 0 Å². The molecule has 0 aromatic heterocycles. The molecule has 0 aliphatic carbocycles. The molecular formula is C12H12FNO3. The number of nitrogens with zero attached hydrogens (tertiary/aromatic N) is 1. The lowest BCUT2D eigenvalue weighted by Crippen LogP contribution is -2.36. The van der Waals surface area contributed by atoms with Crippen LogP contribution in [-0.4, -0.2) is 31.4 Å². The number of ether oxygens (including phenoxy) is 1. The molecule has 0 fully saturated rings. The van der Waals surface area contributed by atoms with Crippen LogP contribution in [0, 0.1) is 5.82 Å². The van der Waals surface area contributed by atoms with Crippen LogP contribution in [0.1, 0.15) is 17.3 Å². The van der Waals surface area contributed by atoms with Gasteiger partial charge in [0.2, 0.25) is 0 Å². The maximum atomic E-state index is 13.7. The summed E-state index contributed by atoms with van der Waals surface area (Å²) in [5.74, 6) is -1.93. The summed E-state index contributed by atoms with van der Waals surface area (Å²) in [4.78, 5) is 24.5. The van der Waals surface area contributed by atoms with Crippen LogP contribution in [0.2, 0.25) is 0 Å². The van der Waals surface area contributed by atoms with Crippen LogP contribution in [0.3, 0.4) is 0 Å². The highest BCUT2D eigenvalue weighted by Gasteiger charge is 2.38. The van der Waals surface area contributed by atoms with Gasteiger partial charge in [0.25, 0.3) is 11.7 Å². The minimum absolute atomic E-state index is 0.0615. The van der Waals surface area contributed by atoms with E-state index in [0.29, 0.717) is 0 Å². The number of carbonyl (C=O) groups is 2. The number of rotatable bonds is 3. The first kappa shape index (κ1) is 11.7. The standard InChI is InChI=1S/C12H12FNO3/c1-7(17-2)6-14-10-8(11(15)12(14)16)4-3-5-9(10)13/h3-5,7H,6H2,1-2H3. The van der Waals surface area contributed by atoms with Gasteiger partial charge >= 0.3 is 0 Å². The van der Waals surface area contributed by atoms with Crippen molar-refractivity contribution in [2.45, 2.75) is 13.0 Å². The van der Waals surface area contributed by atoms with Gasteiger partial charge in [-0.3, -0.25) is 14.5 Å². The van der Waals surface area contributed by atoms with Gasteiger partial charge in [-0.2, -0.15) is 0 Å². The Kier molecular flexibility index (Phi) is 2.93. The zero-order valence-corrected chi connectivity index (χ0v) is 9.57. The van der Waals surface area contributed by atoms with Crippen molar-refractivity contribution in [2.75, 3.05) is 18.6 Å². The Morgan fingerprint density at radius 2 is 2.12 bits per heavy atom. The van der Waals surface area contributed by atoms with Crippen molar-refractivity contribution < 1.29 is 18.7 Å². The zero-order valence-electron chi connectivity index (χ0n) is 9.57. The molecule has 5 heteroatoms. The third-order valence-electron chi connectivity index (χ3n) is 2.78. The van der Waals surface area contributed by atoms with Crippen molar-refractivity contribution in [2.24, 2.45) is 0 Å². The summed E-state index contributed by atoms with van der Waals surface area (Å²) in [5, 5.41) is 0. The highest BCUT2D eigenvalue weighted by Crippen LogP contribution is 2.31. The van der Waals surface area contributed by atoms with Gasteiger partial charge in [-0.25, -0.2) is 4.39 Å². The summed E-state index contributed by atoms with van der Waals surface area (Å²) < 4.78 is 18.7. The normalized spacial score (nSPS) is 16.3. The molecule has 0 saturated heterocycles. The maximum Gasteiger partial charge on any atom is 0.299 e. The van der Waals surface area contributed by atoms with Crippen molar-refractivity contribution in [3.05, 3.63) is 29.6 Å². The van der Waals surface area contributed by atoms with Crippen molar-refractivity contribution >= 4 is 17.4 Å². The molecule has 1 heterocycles. The molecule has 2 rings (SSSR count). The lowest BCUT2D eigenvalue weighted by Gasteiger charge is -2.20. The number of para-hydroxylation sites is 1. The molecule has 1 aromatic rings. The van der Waals surface area contributed by atoms with Crippen molar-refractivity contribution in [3.63, 3.8) is 0 Å². The minimum atomic E-state index is -0.700. The predicted molar refractivity (Wildman–Crippen MR) is 59.6 cm³/mol. The fourth-order valence-electron chi connectivity index (χ4n) is 1.82. The van der Waals surface area contributed by atoms with Crippen LogP contribution in [0.15, 0.2) is 18.2 Å². The lowest BCUT2D eigenvalue weighted by molar-refractivity contribution is -0.114. The van der Waals surface area contributed by atoms with E-state index in [-0.39, 0.29) is 23.9 Å². The van der Waals surface area contributed by atoms with E-state index in [1.54, 1.807) is 6.92 Å². The van der Waals surface area contributed by atoms with Gasteiger partial charge in [-0.1, -0.05) is 6.07 Å². The quantitative estimate of drug-likeness (QED) is 0.746. The van der Waals surface area contributed by atoms with E-state index < -0.39 is 17.5 Å². The molecular weight excluding hydrogens is 225 g/mol. The van der Waals surface area contributed by atoms with E-state index in [1.807, 2.05) is 0 Å². The van der Waals surface area contributed by atoms with Gasteiger partial charge in [0, 0.05) is 7.11 Å². The average molecular weight is 237 g/mol. The molecule has 0 N–H and O–H groups in total. The summed E-state index contributed by atoms with van der Waals surface area (Å²) in [6.07, 6.45) is -0.266. The fraction of sp³-hybridized carbons (Fsp3) is 0.333. The van der Waals surface area contributed by atoms with E-state index in [4.69, 9.17) is 4.74 Å². The summed E-state index contributed by atoms with van der Waals surface area (Å²) in [7, 11) is 1.50. The summed E-state index contributed by atoms with van der Waals surface area (Å²) in [6.45, 7) is 1.91. The second-order valence-corrected chi connectivity index (χ2v) is 3.93. The van der Waals surface area contributed by atoms with Crippen LogP contribution >= 0.6 is 0 Å². The highest BCUT2D eigenvalue weighted by atomic mass is 19.1. The molecule has 0 radical (unpaired) electrons. The van der Waals surface area contributed by atoms with Crippen LogP contribution in [-0.2, 0) is 9.53 Å². The highest BCUT2D eigenvalue weighted by molar-refractivity contribution is 6.52. The second kappa shape index (κ2) is 4.25. The van der Waals surface area contributed by atoms with Crippen molar-refractivity contribution in [1.82, 2.24) is 0 Å². The number of hydrogen-bond acceptors (Lipinski definition) is 3. The van der Waals surface area contributed by atoms with Gasteiger partial charge in [0.15, 0.2) is 0 Å². The zero-order chi connectivity index (χ0) is 12.6. The molecule has 0 spiro atoms. The third kappa shape index (κ3) is 1.82. The van der Waals surface area contributed by atoms with E-state index in [2.05, 4.69) is 0 Å². The van der Waals surface area contributed by atoms with Crippen LogP contribution in [0.5, 0.6) is 0 Å². The van der Waals surface area contributed by atoms with E-state index in [9.17, 15) is 14.0 Å². The number of ketones is 1. The van der Waals surface area contributed by atoms with Crippen molar-refractivity contribution in [3.8, 4) is 0 Å². The average Bonchev–Trinajstić information content (AvgIpc) is 2.56. The summed E-state index contributed by atoms with van der Waals surface area (Å²) in [5.41, 5.74) is 0.185. The number of Topliss-reactive ketones (excluding diaryl/α,β-unsaturated/α-hetero) is 1. The molecule has 17 heavy (non-hydrogen) atoms. The largest absolute Gasteiger partial charge is 0.380 e. The van der Waals surface area contributed by atoms with E-state index >= 15 is 0 Å². The molecule has 1 aromatic carbocycles. The summed E-state index contributed by atoms with van der Waals surface area (Å²) >= 11 is 0. The summed E-state index contributed by atoms with van der Waals surface area (Å²) in [6, 6.07) is 4.11. The number of methoxy groups -OCH3 is 1. The van der Waals surface area contributed by atoms with Crippen LogP contribution in [0.25, 0.3) is 0 Å². The monoisotopic (exact) mass is 237 g/mol. The van der Waals surface area contributed by atoms with E-state index in [1.165, 1.54) is 25.3 Å². The Hall–Kier alpha value is -1.75. The molecule has 1 amide bonds. The number of halogens is 1. The Balaban J connectivity index is 2.43. The van der Waals surface area contributed by atoms with Crippen molar-refractivity contribution in [1.29, 1.82) is 0 Å². The van der Waals surface area contributed by atoms with Gasteiger partial charge in [0.1, 0.15) is 5.82 Å². The third-order valence-corrected chi connectivity index (χ3v) is 2.78. The molecule has 1 unspecified atom stereocenters. The Bertz CT molecular complexity index is 487. The van der Waals surface area contributed by atoms with Gasteiger partial charge in [0.05, 0.1) is 23.9 Å². The maximum absolute atomic E-state index is 13.7. The van der Waals surface area contributed by atoms with Gasteiger partial charge < -0.3 is 4.74 Å². The first-order valence-corrected chi connectivity index (χ1v) is 5.23. The fourth-order valence-corrected chi connectivity index (χ4v) is 1.82. The van der Waals surface area contributed by atoms with Gasteiger partial charge in [-0.05, 0) is 19.1 Å². The number of hydrogen-bond donors (Lipinski definition) is 0. The number of amides is 1. The lowest BCUT2D eigenvalue weighted by atomic mass is 10.1. The van der Waals surface area contributed by atoms with Crippen LogP contribution < -0.4 is 4.90 Å². The number of benzene rings is 1. The first-order chi connectivity index (χ1) is 8.06. The molecule has 1 aliphatic rings. The van der Waals surface area contributed by atoms with E-state index in [0.717, 1.165) is 4.90 Å².